The van der Waals surface area contributed by atoms with Crippen LogP contribution in [0.25, 0.3) is 0 Å². The van der Waals surface area contributed by atoms with Crippen molar-refractivity contribution in [1.82, 2.24) is 9.62 Å². The number of fused-ring (bicyclic) bond motifs is 1. The average Bonchev–Trinajstić information content (AvgIpc) is 2.86. The minimum Gasteiger partial charge on any atom is -0.491 e. The van der Waals surface area contributed by atoms with E-state index in [0.717, 1.165) is 9.87 Å². The Morgan fingerprint density at radius 1 is 1.14 bits per heavy atom. The van der Waals surface area contributed by atoms with Crippen molar-refractivity contribution in [2.24, 2.45) is 0 Å². The van der Waals surface area contributed by atoms with Gasteiger partial charge in [0.15, 0.2) is 0 Å². The number of carbonyl (C=O) groups is 2. The van der Waals surface area contributed by atoms with Gasteiger partial charge in [-0.1, -0.05) is 29.8 Å². The minimum atomic E-state index is -3.89. The fourth-order valence-corrected chi connectivity index (χ4v) is 4.47. The van der Waals surface area contributed by atoms with E-state index in [9.17, 15) is 18.0 Å². The molecule has 148 valence electrons. The largest absolute Gasteiger partial charge is 0.491 e. The van der Waals surface area contributed by atoms with E-state index in [0.29, 0.717) is 5.75 Å². The second kappa shape index (κ2) is 8.02. The smallest absolute Gasteiger partial charge is 0.269 e. The van der Waals surface area contributed by atoms with E-state index in [4.69, 9.17) is 4.74 Å². The molecule has 8 heteroatoms. The summed E-state index contributed by atoms with van der Waals surface area (Å²) in [6.07, 6.45) is -0.117. The molecule has 0 unspecified atom stereocenters. The fraction of sp³-hybridized carbons (Fsp3) is 0.300. The summed E-state index contributed by atoms with van der Waals surface area (Å²) in [7, 11) is -3.89. The van der Waals surface area contributed by atoms with Crippen molar-refractivity contribution in [2.75, 3.05) is 13.2 Å². The van der Waals surface area contributed by atoms with Crippen molar-refractivity contribution in [3.8, 4) is 5.75 Å². The lowest BCUT2D eigenvalue weighted by Crippen LogP contribution is -2.39. The summed E-state index contributed by atoms with van der Waals surface area (Å²) in [5, 5.41) is 2.75. The molecule has 0 bridgehead atoms. The molecule has 1 N–H and O–H groups in total. The van der Waals surface area contributed by atoms with Crippen LogP contribution in [0.5, 0.6) is 5.75 Å². The van der Waals surface area contributed by atoms with Gasteiger partial charge in [-0.2, -0.15) is 0 Å². The van der Waals surface area contributed by atoms with E-state index in [1.165, 1.54) is 12.1 Å². The lowest BCUT2D eigenvalue weighted by atomic mass is 10.2. The Balaban J connectivity index is 1.50. The Morgan fingerprint density at radius 3 is 2.50 bits per heavy atom. The third-order valence-electron chi connectivity index (χ3n) is 4.38. The number of aryl methyl sites for hydroxylation is 1. The van der Waals surface area contributed by atoms with Gasteiger partial charge in [0.25, 0.3) is 15.9 Å². The molecule has 2 aromatic carbocycles. The Morgan fingerprint density at radius 2 is 1.82 bits per heavy atom. The van der Waals surface area contributed by atoms with Crippen LogP contribution >= 0.6 is 0 Å². The molecule has 3 rings (SSSR count). The molecule has 0 aromatic heterocycles. The van der Waals surface area contributed by atoms with Crippen LogP contribution in [0.3, 0.4) is 0 Å². The van der Waals surface area contributed by atoms with Crippen LogP contribution in [0.4, 0.5) is 0 Å². The van der Waals surface area contributed by atoms with Gasteiger partial charge in [-0.25, -0.2) is 12.7 Å². The number of hydrogen-bond acceptors (Lipinski definition) is 5. The predicted molar refractivity (Wildman–Crippen MR) is 104 cm³/mol. The van der Waals surface area contributed by atoms with E-state index < -0.39 is 15.9 Å². The topological polar surface area (TPSA) is 92.8 Å². The summed E-state index contributed by atoms with van der Waals surface area (Å²) in [5.74, 6) is -0.240. The molecule has 7 nitrogen and oxygen atoms in total. The number of rotatable bonds is 7. The third-order valence-corrected chi connectivity index (χ3v) is 6.22. The molecule has 0 saturated carbocycles. The number of benzene rings is 2. The number of nitrogens with zero attached hydrogens (tertiary/aromatic N) is 1. The first-order valence-corrected chi connectivity index (χ1v) is 10.4. The molecular formula is C20H22N2O5S. The van der Waals surface area contributed by atoms with Crippen molar-refractivity contribution in [3.05, 3.63) is 59.7 Å². The molecule has 28 heavy (non-hydrogen) atoms. The molecule has 0 radical (unpaired) electrons. The average molecular weight is 402 g/mol. The predicted octanol–water partition coefficient (Wildman–Crippen LogP) is 2.11. The van der Waals surface area contributed by atoms with Gasteiger partial charge in [-0.15, -0.1) is 0 Å². The highest BCUT2D eigenvalue weighted by molar-refractivity contribution is 7.90. The third kappa shape index (κ3) is 4.17. The Labute approximate surface area is 164 Å². The van der Waals surface area contributed by atoms with Gasteiger partial charge >= 0.3 is 0 Å². The zero-order valence-corrected chi connectivity index (χ0v) is 16.5. The lowest BCUT2D eigenvalue weighted by molar-refractivity contribution is -0.121. The number of carbonyl (C=O) groups excluding carboxylic acids is 2. The van der Waals surface area contributed by atoms with Crippen LogP contribution in [0.1, 0.15) is 29.3 Å². The van der Waals surface area contributed by atoms with E-state index in [-0.39, 0.29) is 42.0 Å². The maximum atomic E-state index is 12.5. The molecule has 1 atom stereocenters. The van der Waals surface area contributed by atoms with Crippen molar-refractivity contribution >= 4 is 21.8 Å². The molecular weight excluding hydrogens is 380 g/mol. The highest BCUT2D eigenvalue weighted by Crippen LogP contribution is 2.29. The Hall–Kier alpha value is -2.87. The van der Waals surface area contributed by atoms with Gasteiger partial charge in [-0.3, -0.25) is 9.59 Å². The normalized spacial score (nSPS) is 15.8. The zero-order chi connectivity index (χ0) is 20.3. The molecule has 2 amide bonds. The summed E-state index contributed by atoms with van der Waals surface area (Å²) < 4.78 is 31.3. The summed E-state index contributed by atoms with van der Waals surface area (Å²) in [4.78, 5) is 24.5. The first-order chi connectivity index (χ1) is 13.3. The Kier molecular flexibility index (Phi) is 5.69. The van der Waals surface area contributed by atoms with Crippen LogP contribution in [0.2, 0.25) is 0 Å². The molecule has 0 saturated heterocycles. The van der Waals surface area contributed by atoms with Crippen molar-refractivity contribution in [3.63, 3.8) is 0 Å². The standard InChI is InChI=1S/C20H22N2O5S/c1-14-7-9-16(10-8-14)27-13-15(2)21-19(23)11-12-22-20(24)17-5-3-4-6-18(17)28(22,25)26/h3-10,15H,11-13H2,1-2H3,(H,21,23)/t15-/m0/s1. The quantitative estimate of drug-likeness (QED) is 0.766. The first kappa shape index (κ1) is 19.9. The fourth-order valence-electron chi connectivity index (χ4n) is 2.90. The van der Waals surface area contributed by atoms with Gasteiger partial charge in [0.1, 0.15) is 17.3 Å². The second-order valence-corrected chi connectivity index (χ2v) is 8.55. The number of hydrogen-bond donors (Lipinski definition) is 1. The van der Waals surface area contributed by atoms with E-state index in [1.807, 2.05) is 31.2 Å². The van der Waals surface area contributed by atoms with Crippen molar-refractivity contribution in [2.45, 2.75) is 31.2 Å². The van der Waals surface area contributed by atoms with Crippen LogP contribution < -0.4 is 10.1 Å². The second-order valence-electron chi connectivity index (χ2n) is 6.72. The highest BCUT2D eigenvalue weighted by Gasteiger charge is 2.40. The van der Waals surface area contributed by atoms with Crippen LogP contribution in [-0.2, 0) is 14.8 Å². The van der Waals surface area contributed by atoms with E-state index >= 15 is 0 Å². The molecule has 0 fully saturated rings. The summed E-state index contributed by atoms with van der Waals surface area (Å²) in [5.41, 5.74) is 1.27. The minimum absolute atomic E-state index is 0.0136. The van der Waals surface area contributed by atoms with Crippen LogP contribution in [0.15, 0.2) is 53.4 Å². The molecule has 2 aromatic rings. The highest BCUT2D eigenvalue weighted by atomic mass is 32.2. The van der Waals surface area contributed by atoms with E-state index in [1.54, 1.807) is 19.1 Å². The summed E-state index contributed by atoms with van der Waals surface area (Å²) >= 11 is 0. The van der Waals surface area contributed by atoms with Gasteiger partial charge in [0, 0.05) is 13.0 Å². The summed E-state index contributed by atoms with van der Waals surface area (Å²) in [6.45, 7) is 3.85. The lowest BCUT2D eigenvalue weighted by Gasteiger charge is -2.17. The molecule has 1 heterocycles. The van der Waals surface area contributed by atoms with Gasteiger partial charge in [0.2, 0.25) is 5.91 Å². The van der Waals surface area contributed by atoms with Crippen LogP contribution in [0, 0.1) is 6.92 Å². The molecule has 0 spiro atoms. The number of sulfonamides is 1. The summed E-state index contributed by atoms with van der Waals surface area (Å²) in [6, 6.07) is 13.3. The first-order valence-electron chi connectivity index (χ1n) is 8.94. The van der Waals surface area contributed by atoms with Gasteiger partial charge in [0.05, 0.1) is 11.6 Å². The molecule has 1 aliphatic heterocycles. The van der Waals surface area contributed by atoms with Gasteiger partial charge < -0.3 is 10.1 Å². The SMILES string of the molecule is Cc1ccc(OC[C@H](C)NC(=O)CCN2C(=O)c3ccccc3S2(=O)=O)cc1. The maximum absolute atomic E-state index is 12.5. The van der Waals surface area contributed by atoms with Crippen molar-refractivity contribution < 1.29 is 22.7 Å². The number of amides is 2. The number of nitrogens with one attached hydrogen (secondary N) is 1. The Bertz CT molecular complexity index is 986. The van der Waals surface area contributed by atoms with Crippen LogP contribution in [-0.4, -0.2) is 43.7 Å². The molecule has 0 aliphatic carbocycles. The van der Waals surface area contributed by atoms with Gasteiger partial charge in [-0.05, 0) is 38.1 Å². The maximum Gasteiger partial charge on any atom is 0.269 e. The monoisotopic (exact) mass is 402 g/mol. The van der Waals surface area contributed by atoms with Crippen molar-refractivity contribution in [1.29, 1.82) is 0 Å². The van der Waals surface area contributed by atoms with E-state index in [2.05, 4.69) is 5.32 Å². The molecule has 1 aliphatic rings. The zero-order valence-electron chi connectivity index (χ0n) is 15.7. The number of ether oxygens (including phenoxy) is 1.